The van der Waals surface area contributed by atoms with Gasteiger partial charge in [-0.2, -0.15) is 0 Å². The minimum atomic E-state index is -1.90. The summed E-state index contributed by atoms with van der Waals surface area (Å²) in [5.41, 5.74) is 0.278. The van der Waals surface area contributed by atoms with E-state index in [0.717, 1.165) is 0 Å². The smallest absolute Gasteiger partial charge is 0.269 e. The van der Waals surface area contributed by atoms with Crippen molar-refractivity contribution in [3.8, 4) is 0 Å². The number of halogens is 1. The zero-order valence-electron chi connectivity index (χ0n) is 6.82. The van der Waals surface area contributed by atoms with Crippen molar-refractivity contribution in [2.24, 2.45) is 0 Å². The number of amides is 1. The van der Waals surface area contributed by atoms with Crippen LogP contribution in [0.5, 0.6) is 0 Å². The molecule has 1 atom stereocenters. The highest BCUT2D eigenvalue weighted by Gasteiger charge is 2.09. The molecule has 0 aliphatic carbocycles. The average Bonchev–Trinajstić information content (AvgIpc) is 2.17. The first-order valence-corrected chi connectivity index (χ1v) is 5.63. The number of carbonyl (C=O) groups excluding carboxylic acids is 1. The third-order valence-electron chi connectivity index (χ3n) is 1.41. The summed E-state index contributed by atoms with van der Waals surface area (Å²) in [4.78, 5) is 15.2. The molecular weight excluding hydrogens is 212 g/mol. The number of carbonyl (C=O) groups is 1. The topological polar surface area (TPSA) is 59.1 Å². The maximum atomic E-state index is 11.0. The second-order valence-corrected chi connectivity index (χ2v) is 4.15. The fraction of sp³-hybridized carbons (Fsp3) is 0.143. The second kappa shape index (κ2) is 4.34. The highest BCUT2D eigenvalue weighted by molar-refractivity contribution is 8.08. The molecule has 13 heavy (non-hydrogen) atoms. The Morgan fingerprint density at radius 1 is 1.62 bits per heavy atom. The van der Waals surface area contributed by atoms with Gasteiger partial charge in [-0.1, -0.05) is 4.21 Å². The Labute approximate surface area is 82.3 Å². The number of hydrogen-bond donors (Lipinski definition) is 1. The van der Waals surface area contributed by atoms with E-state index < -0.39 is 10.0 Å². The van der Waals surface area contributed by atoms with Gasteiger partial charge in [-0.25, -0.2) is 4.98 Å². The fourth-order valence-corrected chi connectivity index (χ4v) is 1.39. The molecular formula is C7H8ClN2O2S+. The van der Waals surface area contributed by atoms with Gasteiger partial charge in [0.1, 0.15) is 5.69 Å². The molecule has 1 heterocycles. The van der Waals surface area contributed by atoms with Gasteiger partial charge in [0, 0.05) is 7.05 Å². The van der Waals surface area contributed by atoms with E-state index in [4.69, 9.17) is 10.7 Å². The van der Waals surface area contributed by atoms with Crippen molar-refractivity contribution in [2.75, 3.05) is 7.05 Å². The van der Waals surface area contributed by atoms with Gasteiger partial charge < -0.3 is 5.32 Å². The van der Waals surface area contributed by atoms with E-state index in [9.17, 15) is 9.00 Å². The number of rotatable bonds is 2. The van der Waals surface area contributed by atoms with Crippen LogP contribution in [0.4, 0.5) is 0 Å². The van der Waals surface area contributed by atoms with Crippen LogP contribution in [-0.2, 0) is 14.2 Å². The Morgan fingerprint density at radius 2 is 2.31 bits per heavy atom. The first kappa shape index (κ1) is 10.1. The lowest BCUT2D eigenvalue weighted by atomic mass is 10.3. The minimum Gasteiger partial charge on any atom is -0.354 e. The molecule has 6 heteroatoms. The first-order chi connectivity index (χ1) is 6.15. The van der Waals surface area contributed by atoms with Gasteiger partial charge in [-0.15, -0.1) is 0 Å². The molecule has 1 aromatic heterocycles. The van der Waals surface area contributed by atoms with Crippen molar-refractivity contribution >= 4 is 26.6 Å². The SMILES string of the molecule is CNC(=O)c1ccc([SH+](=O)Cl)cn1. The molecule has 70 valence electrons. The molecule has 1 unspecified atom stereocenters. The van der Waals surface area contributed by atoms with Crippen LogP contribution in [0.2, 0.25) is 0 Å². The summed E-state index contributed by atoms with van der Waals surface area (Å²) in [7, 11) is 4.95. The van der Waals surface area contributed by atoms with Crippen molar-refractivity contribution in [2.45, 2.75) is 4.90 Å². The Kier molecular flexibility index (Phi) is 3.39. The molecule has 0 spiro atoms. The number of nitrogens with zero attached hydrogens (tertiary/aromatic N) is 1. The molecule has 4 nitrogen and oxygen atoms in total. The third kappa shape index (κ3) is 2.50. The Hall–Kier alpha value is -0.940. The molecule has 0 saturated heterocycles. The molecule has 0 aliphatic heterocycles. The molecule has 0 bridgehead atoms. The predicted octanol–water partition coefficient (Wildman–Crippen LogP) is 0.650. The van der Waals surface area contributed by atoms with Gasteiger partial charge >= 0.3 is 0 Å². The number of hydrogen-bond acceptors (Lipinski definition) is 3. The van der Waals surface area contributed by atoms with E-state index in [0.29, 0.717) is 4.90 Å². The van der Waals surface area contributed by atoms with Crippen LogP contribution >= 0.6 is 10.7 Å². The van der Waals surface area contributed by atoms with Crippen LogP contribution in [0.3, 0.4) is 0 Å². The number of thiol groups is 1. The minimum absolute atomic E-state index is 0.278. The van der Waals surface area contributed by atoms with Gasteiger partial charge in [-0.05, 0) is 12.1 Å². The van der Waals surface area contributed by atoms with Crippen molar-refractivity contribution in [1.29, 1.82) is 0 Å². The standard InChI is InChI=1S/C7H7ClN2O2S/c1-9-7(11)6-3-2-5(4-10-6)13(8)12/h2-4H,1H3,(H,9,11)/p+1. The molecule has 0 radical (unpaired) electrons. The maximum Gasteiger partial charge on any atom is 0.269 e. The van der Waals surface area contributed by atoms with E-state index in [1.54, 1.807) is 0 Å². The monoisotopic (exact) mass is 219 g/mol. The van der Waals surface area contributed by atoms with Crippen LogP contribution in [0, 0.1) is 0 Å². The average molecular weight is 220 g/mol. The maximum absolute atomic E-state index is 11.0. The lowest BCUT2D eigenvalue weighted by Crippen LogP contribution is -2.18. The summed E-state index contributed by atoms with van der Waals surface area (Å²) < 4.78 is 10.8. The third-order valence-corrected chi connectivity index (χ3v) is 2.67. The summed E-state index contributed by atoms with van der Waals surface area (Å²) in [5, 5.41) is 2.42. The lowest BCUT2D eigenvalue weighted by Gasteiger charge is -1.96. The van der Waals surface area contributed by atoms with Crippen molar-refractivity contribution in [3.63, 3.8) is 0 Å². The molecule has 1 rings (SSSR count). The molecule has 1 N–H and O–H groups in total. The van der Waals surface area contributed by atoms with E-state index in [-0.39, 0.29) is 11.6 Å². The molecule has 0 saturated carbocycles. The van der Waals surface area contributed by atoms with Crippen LogP contribution in [0.1, 0.15) is 10.5 Å². The van der Waals surface area contributed by atoms with Gasteiger partial charge in [-0.3, -0.25) is 4.79 Å². The van der Waals surface area contributed by atoms with Gasteiger partial charge in [0.2, 0.25) is 10.0 Å². The Balaban J connectivity index is 2.93. The molecule has 1 aromatic rings. The predicted molar refractivity (Wildman–Crippen MR) is 51.2 cm³/mol. The molecule has 1 amide bonds. The molecule has 0 aliphatic rings. The summed E-state index contributed by atoms with van der Waals surface area (Å²) in [5.74, 6) is -0.281. The Morgan fingerprint density at radius 3 is 2.69 bits per heavy atom. The number of pyridine rings is 1. The summed E-state index contributed by atoms with van der Waals surface area (Å²) >= 11 is 0. The largest absolute Gasteiger partial charge is 0.354 e. The van der Waals surface area contributed by atoms with Crippen molar-refractivity contribution in [1.82, 2.24) is 10.3 Å². The number of nitrogens with one attached hydrogen (secondary N) is 1. The van der Waals surface area contributed by atoms with E-state index in [1.807, 2.05) is 0 Å². The second-order valence-electron chi connectivity index (χ2n) is 2.23. The van der Waals surface area contributed by atoms with E-state index >= 15 is 0 Å². The fourth-order valence-electron chi connectivity index (χ4n) is 0.752. The molecule has 0 fully saturated rings. The highest BCUT2D eigenvalue weighted by Crippen LogP contribution is 2.08. The zero-order valence-corrected chi connectivity index (χ0v) is 8.47. The lowest BCUT2D eigenvalue weighted by molar-refractivity contribution is 0.0958. The zero-order chi connectivity index (χ0) is 9.84. The first-order valence-electron chi connectivity index (χ1n) is 3.46. The quantitative estimate of drug-likeness (QED) is 0.452. The van der Waals surface area contributed by atoms with Crippen LogP contribution in [-0.4, -0.2) is 17.9 Å². The van der Waals surface area contributed by atoms with Crippen molar-refractivity contribution in [3.05, 3.63) is 24.0 Å². The van der Waals surface area contributed by atoms with Crippen LogP contribution in [0.15, 0.2) is 23.2 Å². The van der Waals surface area contributed by atoms with E-state index in [1.165, 1.54) is 25.4 Å². The van der Waals surface area contributed by atoms with Gasteiger partial charge in [0.25, 0.3) is 5.91 Å². The summed E-state index contributed by atoms with van der Waals surface area (Å²) in [6.07, 6.45) is 1.33. The number of aromatic nitrogens is 1. The van der Waals surface area contributed by atoms with Gasteiger partial charge in [0.05, 0.1) is 6.20 Å². The highest BCUT2D eigenvalue weighted by atomic mass is 35.7. The normalized spacial score (nSPS) is 12.2. The van der Waals surface area contributed by atoms with Crippen LogP contribution < -0.4 is 5.32 Å². The van der Waals surface area contributed by atoms with Gasteiger partial charge in [0.15, 0.2) is 15.6 Å². The Bertz CT molecular complexity index is 339. The van der Waals surface area contributed by atoms with E-state index in [2.05, 4.69) is 10.3 Å². The summed E-state index contributed by atoms with van der Waals surface area (Å²) in [6, 6.07) is 2.99. The van der Waals surface area contributed by atoms with Crippen LogP contribution in [0.25, 0.3) is 0 Å². The summed E-state index contributed by atoms with van der Waals surface area (Å²) in [6.45, 7) is 0. The van der Waals surface area contributed by atoms with Crippen molar-refractivity contribution < 1.29 is 9.00 Å². The molecule has 0 aromatic carbocycles.